The van der Waals surface area contributed by atoms with Crippen molar-refractivity contribution in [1.82, 2.24) is 5.32 Å². The molecule has 3 rings (SSSR count). The van der Waals surface area contributed by atoms with Crippen molar-refractivity contribution in [3.63, 3.8) is 0 Å². The molecule has 1 aromatic rings. The molecule has 0 spiro atoms. The summed E-state index contributed by atoms with van der Waals surface area (Å²) in [5.41, 5.74) is 0.786. The molecule has 0 radical (unpaired) electrons. The second-order valence-corrected chi connectivity index (χ2v) is 8.06. The summed E-state index contributed by atoms with van der Waals surface area (Å²) in [6.45, 7) is 1.87. The van der Waals surface area contributed by atoms with Gasteiger partial charge in [0.15, 0.2) is 6.10 Å². The molecule has 1 saturated carbocycles. The van der Waals surface area contributed by atoms with E-state index in [1.165, 1.54) is 0 Å². The third kappa shape index (κ3) is 4.83. The molecule has 0 aromatic heterocycles. The maximum absolute atomic E-state index is 12.5. The van der Waals surface area contributed by atoms with Gasteiger partial charge in [0.2, 0.25) is 5.91 Å². The number of nitrogens with one attached hydrogen (secondary N) is 1. The Morgan fingerprint density at radius 1 is 1.30 bits per heavy atom. The van der Waals surface area contributed by atoms with Crippen molar-refractivity contribution in [3.8, 4) is 0 Å². The topological polar surface area (TPSA) is 75.7 Å². The fourth-order valence-corrected chi connectivity index (χ4v) is 4.06. The number of ether oxygens (including phenoxy) is 1. The minimum Gasteiger partial charge on any atom is -0.452 e. The summed E-state index contributed by atoms with van der Waals surface area (Å²) >= 11 is 1.60. The molecule has 146 valence electrons. The summed E-state index contributed by atoms with van der Waals surface area (Å²) in [7, 11) is 0. The number of carbonyl (C=O) groups excluding carboxylic acids is 3. The lowest BCUT2D eigenvalue weighted by Gasteiger charge is -2.19. The Kier molecular flexibility index (Phi) is 6.42. The molecule has 27 heavy (non-hydrogen) atoms. The van der Waals surface area contributed by atoms with Gasteiger partial charge in [0.25, 0.3) is 5.91 Å². The van der Waals surface area contributed by atoms with Gasteiger partial charge in [-0.05, 0) is 44.2 Å². The van der Waals surface area contributed by atoms with E-state index in [1.54, 1.807) is 23.6 Å². The first-order valence-electron chi connectivity index (χ1n) is 9.43. The van der Waals surface area contributed by atoms with Gasteiger partial charge in [-0.2, -0.15) is 0 Å². The molecular formula is C20H26N2O4S. The van der Waals surface area contributed by atoms with Gasteiger partial charge >= 0.3 is 5.97 Å². The van der Waals surface area contributed by atoms with E-state index >= 15 is 0 Å². The van der Waals surface area contributed by atoms with Crippen molar-refractivity contribution < 1.29 is 19.1 Å². The highest BCUT2D eigenvalue weighted by molar-refractivity contribution is 7.98. The highest BCUT2D eigenvalue weighted by Crippen LogP contribution is 2.29. The molecule has 1 heterocycles. The van der Waals surface area contributed by atoms with Gasteiger partial charge in [0.1, 0.15) is 0 Å². The Labute approximate surface area is 164 Å². The molecule has 2 unspecified atom stereocenters. The standard InChI is InChI=1S/C20H26N2O4S/c1-13(19(24)21-15-6-3-4-7-15)26-20(25)14-10-18(23)22(12-14)16-8-5-9-17(11-16)27-2/h5,8-9,11,13-15H,3-4,6-7,10,12H2,1-2H3,(H,21,24). The highest BCUT2D eigenvalue weighted by atomic mass is 32.2. The van der Waals surface area contributed by atoms with E-state index in [9.17, 15) is 14.4 Å². The molecule has 0 bridgehead atoms. The summed E-state index contributed by atoms with van der Waals surface area (Å²) in [5, 5.41) is 2.93. The third-order valence-electron chi connectivity index (χ3n) is 5.19. The van der Waals surface area contributed by atoms with Crippen LogP contribution in [0.3, 0.4) is 0 Å². The maximum atomic E-state index is 12.5. The number of carbonyl (C=O) groups is 3. The van der Waals surface area contributed by atoms with Crippen LogP contribution in [-0.4, -0.2) is 42.7 Å². The van der Waals surface area contributed by atoms with Crippen LogP contribution in [0, 0.1) is 5.92 Å². The Hall–Kier alpha value is -2.02. The van der Waals surface area contributed by atoms with Crippen LogP contribution in [0.15, 0.2) is 29.2 Å². The van der Waals surface area contributed by atoms with Crippen molar-refractivity contribution in [2.75, 3.05) is 17.7 Å². The number of benzene rings is 1. The predicted octanol–water partition coefficient (Wildman–Crippen LogP) is 2.75. The van der Waals surface area contributed by atoms with Gasteiger partial charge in [-0.1, -0.05) is 18.9 Å². The first-order valence-corrected chi connectivity index (χ1v) is 10.7. The predicted molar refractivity (Wildman–Crippen MR) is 105 cm³/mol. The van der Waals surface area contributed by atoms with Gasteiger partial charge in [-0.25, -0.2) is 0 Å². The van der Waals surface area contributed by atoms with Crippen LogP contribution in [0.2, 0.25) is 0 Å². The third-order valence-corrected chi connectivity index (χ3v) is 5.91. The molecule has 2 atom stereocenters. The Morgan fingerprint density at radius 3 is 2.74 bits per heavy atom. The number of hydrogen-bond donors (Lipinski definition) is 1. The molecule has 2 amide bonds. The van der Waals surface area contributed by atoms with E-state index in [2.05, 4.69) is 5.32 Å². The fourth-order valence-electron chi connectivity index (χ4n) is 3.61. The summed E-state index contributed by atoms with van der Waals surface area (Å²) in [4.78, 5) is 39.7. The average Bonchev–Trinajstić information content (AvgIpc) is 3.31. The maximum Gasteiger partial charge on any atom is 0.312 e. The van der Waals surface area contributed by atoms with E-state index in [4.69, 9.17) is 4.74 Å². The van der Waals surface area contributed by atoms with Crippen molar-refractivity contribution in [1.29, 1.82) is 0 Å². The lowest BCUT2D eigenvalue weighted by atomic mass is 10.1. The first-order chi connectivity index (χ1) is 13.0. The van der Waals surface area contributed by atoms with Crippen molar-refractivity contribution in [2.24, 2.45) is 5.92 Å². The van der Waals surface area contributed by atoms with Gasteiger partial charge in [-0.15, -0.1) is 11.8 Å². The quantitative estimate of drug-likeness (QED) is 0.597. The molecule has 1 aliphatic heterocycles. The Morgan fingerprint density at radius 2 is 2.04 bits per heavy atom. The zero-order valence-corrected chi connectivity index (χ0v) is 16.6. The second kappa shape index (κ2) is 8.78. The van der Waals surface area contributed by atoms with Crippen LogP contribution in [0.1, 0.15) is 39.0 Å². The number of rotatable bonds is 6. The molecule has 6 nitrogen and oxygen atoms in total. The smallest absolute Gasteiger partial charge is 0.312 e. The minimum absolute atomic E-state index is 0.0988. The Balaban J connectivity index is 1.55. The SMILES string of the molecule is CSc1cccc(N2CC(C(=O)OC(C)C(=O)NC3CCCC3)CC2=O)c1. The number of anilines is 1. The van der Waals surface area contributed by atoms with Crippen LogP contribution in [-0.2, 0) is 19.1 Å². The van der Waals surface area contributed by atoms with Gasteiger partial charge in [0, 0.05) is 29.6 Å². The Bertz CT molecular complexity index is 718. The summed E-state index contributed by atoms with van der Waals surface area (Å²) in [6.07, 6.45) is 5.44. The summed E-state index contributed by atoms with van der Waals surface area (Å²) in [5.74, 6) is -1.39. The summed E-state index contributed by atoms with van der Waals surface area (Å²) < 4.78 is 5.35. The number of esters is 1. The van der Waals surface area contributed by atoms with Crippen LogP contribution in [0.5, 0.6) is 0 Å². The lowest BCUT2D eigenvalue weighted by molar-refractivity contribution is -0.158. The van der Waals surface area contributed by atoms with Crippen LogP contribution < -0.4 is 10.2 Å². The van der Waals surface area contributed by atoms with Crippen molar-refractivity contribution in [3.05, 3.63) is 24.3 Å². The van der Waals surface area contributed by atoms with Crippen molar-refractivity contribution in [2.45, 2.75) is 56.1 Å². The largest absolute Gasteiger partial charge is 0.452 e. The number of amides is 2. The normalized spacial score (nSPS) is 21.3. The van der Waals surface area contributed by atoms with Gasteiger partial charge in [-0.3, -0.25) is 14.4 Å². The molecule has 7 heteroatoms. The molecule has 2 fully saturated rings. The monoisotopic (exact) mass is 390 g/mol. The van der Waals surface area contributed by atoms with Crippen LogP contribution in [0.25, 0.3) is 0 Å². The number of thioether (sulfide) groups is 1. The minimum atomic E-state index is -0.845. The van der Waals surface area contributed by atoms with Crippen LogP contribution in [0.4, 0.5) is 5.69 Å². The van der Waals surface area contributed by atoms with E-state index in [0.29, 0.717) is 0 Å². The fraction of sp³-hybridized carbons (Fsp3) is 0.550. The van der Waals surface area contributed by atoms with E-state index < -0.39 is 18.0 Å². The molecule has 1 N–H and O–H groups in total. The van der Waals surface area contributed by atoms with Crippen molar-refractivity contribution >= 4 is 35.2 Å². The zero-order valence-electron chi connectivity index (χ0n) is 15.8. The first kappa shape index (κ1) is 19.7. The zero-order chi connectivity index (χ0) is 19.4. The molecule has 1 saturated heterocycles. The molecule has 1 aromatic carbocycles. The lowest BCUT2D eigenvalue weighted by Crippen LogP contribution is -2.41. The van der Waals surface area contributed by atoms with E-state index in [1.807, 2.05) is 30.5 Å². The van der Waals surface area contributed by atoms with Gasteiger partial charge in [0.05, 0.1) is 5.92 Å². The van der Waals surface area contributed by atoms with E-state index in [-0.39, 0.29) is 30.8 Å². The number of hydrogen-bond acceptors (Lipinski definition) is 5. The van der Waals surface area contributed by atoms with E-state index in [0.717, 1.165) is 36.3 Å². The molecule has 2 aliphatic rings. The highest BCUT2D eigenvalue weighted by Gasteiger charge is 2.37. The van der Waals surface area contributed by atoms with Gasteiger partial charge < -0.3 is 15.0 Å². The average molecular weight is 391 g/mol. The van der Waals surface area contributed by atoms with Crippen LogP contribution >= 0.6 is 11.8 Å². The molecular weight excluding hydrogens is 364 g/mol. The summed E-state index contributed by atoms with van der Waals surface area (Å²) in [6, 6.07) is 7.86. The molecule has 1 aliphatic carbocycles. The number of nitrogens with zero attached hydrogens (tertiary/aromatic N) is 1. The second-order valence-electron chi connectivity index (χ2n) is 7.18.